The molecule has 3 rings (SSSR count). The van der Waals surface area contributed by atoms with Gasteiger partial charge in [-0.2, -0.15) is 0 Å². The molecule has 1 amide bonds. The van der Waals surface area contributed by atoms with Gasteiger partial charge in [-0.05, 0) is 66.0 Å². The molecule has 0 spiro atoms. The zero-order valence-electron chi connectivity index (χ0n) is 21.1. The van der Waals surface area contributed by atoms with Gasteiger partial charge in [0.15, 0.2) is 22.4 Å². The van der Waals surface area contributed by atoms with Crippen LogP contribution in [-0.4, -0.2) is 62.8 Å². The van der Waals surface area contributed by atoms with Crippen LogP contribution in [0.5, 0.6) is 17.2 Å². The zero-order valence-corrected chi connectivity index (χ0v) is 22.7. The highest BCUT2D eigenvalue weighted by atomic mass is 35.5. The summed E-state index contributed by atoms with van der Waals surface area (Å²) in [6.07, 6.45) is 0.652. The molecule has 198 valence electrons. The normalized spacial score (nSPS) is 10.9. The third-order valence-electron chi connectivity index (χ3n) is 5.02. The van der Waals surface area contributed by atoms with Crippen LogP contribution in [0, 0.1) is 11.6 Å². The van der Waals surface area contributed by atoms with Crippen molar-refractivity contribution >= 4 is 45.0 Å². The van der Waals surface area contributed by atoms with E-state index in [0.29, 0.717) is 60.3 Å². The molecule has 0 fully saturated rings. The Hall–Kier alpha value is -2.69. The van der Waals surface area contributed by atoms with Crippen LogP contribution in [0.25, 0.3) is 10.2 Å². The highest BCUT2D eigenvalue weighted by molar-refractivity contribution is 7.22. The van der Waals surface area contributed by atoms with Crippen molar-refractivity contribution in [1.82, 2.24) is 9.88 Å². The molecular weight excluding hydrogens is 512 g/mol. The number of carbonyl (C=O) groups is 1. The molecule has 3 aromatic rings. The Morgan fingerprint density at radius 1 is 0.944 bits per heavy atom. The molecule has 0 aliphatic heterocycles. The summed E-state index contributed by atoms with van der Waals surface area (Å²) in [5.41, 5.74) is 0.352. The van der Waals surface area contributed by atoms with E-state index in [-0.39, 0.29) is 29.0 Å². The predicted octanol–water partition coefficient (Wildman–Crippen LogP) is 5.79. The van der Waals surface area contributed by atoms with E-state index in [1.807, 2.05) is 39.8 Å². The summed E-state index contributed by atoms with van der Waals surface area (Å²) in [4.78, 5) is 21.6. The number of ether oxygens (including phenoxy) is 3. The van der Waals surface area contributed by atoms with Crippen LogP contribution in [0.15, 0.2) is 24.3 Å². The number of amides is 1. The quantitative estimate of drug-likeness (QED) is 0.288. The van der Waals surface area contributed by atoms with Crippen molar-refractivity contribution in [2.24, 2.45) is 0 Å². The van der Waals surface area contributed by atoms with Gasteiger partial charge in [0, 0.05) is 18.2 Å². The van der Waals surface area contributed by atoms with Gasteiger partial charge in [-0.25, -0.2) is 13.8 Å². The standard InChI is InChI=1S/C25H31F2N3O4S.ClH/c1-6-32-19-12-16(13-20(33-7-2)23(19)34-8-3)24(31)30(11-9-10-29(4)5)25-28-22-18(27)14-17(26)15-21(22)35-25;/h12-15H,6-11H2,1-5H3;1H. The average molecular weight is 544 g/mol. The molecule has 2 aromatic carbocycles. The SMILES string of the molecule is CCOc1cc(C(=O)N(CCCN(C)C)c2nc3c(F)cc(F)cc3s2)cc(OCC)c1OCC.Cl. The third kappa shape index (κ3) is 6.96. The van der Waals surface area contributed by atoms with Crippen molar-refractivity contribution in [1.29, 1.82) is 0 Å². The van der Waals surface area contributed by atoms with Gasteiger partial charge in [0.05, 0.1) is 24.5 Å². The van der Waals surface area contributed by atoms with Gasteiger partial charge in [-0.1, -0.05) is 11.3 Å². The van der Waals surface area contributed by atoms with Gasteiger partial charge in [-0.15, -0.1) is 12.4 Å². The van der Waals surface area contributed by atoms with Crippen molar-refractivity contribution in [3.63, 3.8) is 0 Å². The molecule has 0 unspecified atom stereocenters. The summed E-state index contributed by atoms with van der Waals surface area (Å²) >= 11 is 1.07. The number of aromatic nitrogens is 1. The van der Waals surface area contributed by atoms with E-state index in [9.17, 15) is 13.6 Å². The van der Waals surface area contributed by atoms with Crippen LogP contribution < -0.4 is 19.1 Å². The molecule has 1 heterocycles. The highest BCUT2D eigenvalue weighted by Gasteiger charge is 2.26. The third-order valence-corrected chi connectivity index (χ3v) is 6.05. The first-order valence-corrected chi connectivity index (χ1v) is 12.4. The Morgan fingerprint density at radius 2 is 1.56 bits per heavy atom. The van der Waals surface area contributed by atoms with E-state index >= 15 is 0 Å². The number of anilines is 1. The summed E-state index contributed by atoms with van der Waals surface area (Å²) in [7, 11) is 3.88. The minimum atomic E-state index is -0.762. The first-order valence-electron chi connectivity index (χ1n) is 11.6. The molecule has 0 atom stereocenters. The lowest BCUT2D eigenvalue weighted by molar-refractivity contribution is 0.0985. The second-order valence-electron chi connectivity index (χ2n) is 7.95. The number of carbonyl (C=O) groups excluding carboxylic acids is 1. The maximum Gasteiger partial charge on any atom is 0.260 e. The van der Waals surface area contributed by atoms with Crippen LogP contribution in [0.4, 0.5) is 13.9 Å². The fourth-order valence-electron chi connectivity index (χ4n) is 3.56. The Balaban J connectivity index is 0.00000456. The summed E-state index contributed by atoms with van der Waals surface area (Å²) in [6.45, 7) is 7.75. The predicted molar refractivity (Wildman–Crippen MR) is 142 cm³/mol. The van der Waals surface area contributed by atoms with Gasteiger partial charge in [0.2, 0.25) is 5.75 Å². The minimum Gasteiger partial charge on any atom is -0.490 e. The summed E-state index contributed by atoms with van der Waals surface area (Å²) in [6, 6.07) is 5.25. The maximum absolute atomic E-state index is 14.3. The lowest BCUT2D eigenvalue weighted by Crippen LogP contribution is -2.33. The number of hydrogen-bond donors (Lipinski definition) is 0. The molecule has 0 bridgehead atoms. The Kier molecular flexibility index (Phi) is 11.1. The number of halogens is 3. The molecule has 0 N–H and O–H groups in total. The van der Waals surface area contributed by atoms with Gasteiger partial charge in [0.25, 0.3) is 5.91 Å². The van der Waals surface area contributed by atoms with Crippen LogP contribution in [0.3, 0.4) is 0 Å². The number of thiazole rings is 1. The number of hydrogen-bond acceptors (Lipinski definition) is 7. The van der Waals surface area contributed by atoms with E-state index in [1.54, 1.807) is 12.1 Å². The Morgan fingerprint density at radius 3 is 2.11 bits per heavy atom. The first kappa shape index (κ1) is 29.5. The van der Waals surface area contributed by atoms with E-state index in [4.69, 9.17) is 14.2 Å². The van der Waals surface area contributed by atoms with Gasteiger partial charge in [0.1, 0.15) is 11.3 Å². The Labute approximate surface area is 220 Å². The van der Waals surface area contributed by atoms with Crippen LogP contribution in [0.1, 0.15) is 37.6 Å². The monoisotopic (exact) mass is 543 g/mol. The number of rotatable bonds is 12. The van der Waals surface area contributed by atoms with Crippen molar-refractivity contribution in [2.45, 2.75) is 27.2 Å². The van der Waals surface area contributed by atoms with E-state index in [0.717, 1.165) is 23.9 Å². The minimum absolute atomic E-state index is 0. The smallest absolute Gasteiger partial charge is 0.260 e. The van der Waals surface area contributed by atoms with Crippen molar-refractivity contribution in [3.05, 3.63) is 41.5 Å². The molecule has 1 aromatic heterocycles. The molecule has 36 heavy (non-hydrogen) atoms. The lowest BCUT2D eigenvalue weighted by Gasteiger charge is -2.22. The molecule has 0 saturated carbocycles. The molecule has 0 radical (unpaired) electrons. The summed E-state index contributed by atoms with van der Waals surface area (Å²) in [5, 5.41) is 0.290. The van der Waals surface area contributed by atoms with Crippen LogP contribution >= 0.6 is 23.7 Å². The topological polar surface area (TPSA) is 64.1 Å². The second-order valence-corrected chi connectivity index (χ2v) is 8.95. The molecular formula is C25H32ClF2N3O4S. The summed E-state index contributed by atoms with van der Waals surface area (Å²) < 4.78 is 45.7. The molecule has 0 aliphatic rings. The molecule has 11 heteroatoms. The Bertz CT molecular complexity index is 1150. The van der Waals surface area contributed by atoms with E-state index < -0.39 is 11.6 Å². The number of benzene rings is 2. The van der Waals surface area contributed by atoms with Crippen molar-refractivity contribution < 1.29 is 27.8 Å². The first-order chi connectivity index (χ1) is 16.8. The second kappa shape index (κ2) is 13.6. The molecule has 7 nitrogen and oxygen atoms in total. The van der Waals surface area contributed by atoms with Crippen LogP contribution in [-0.2, 0) is 0 Å². The lowest BCUT2D eigenvalue weighted by atomic mass is 10.1. The van der Waals surface area contributed by atoms with E-state index in [1.165, 1.54) is 11.0 Å². The van der Waals surface area contributed by atoms with Crippen LogP contribution in [0.2, 0.25) is 0 Å². The maximum atomic E-state index is 14.3. The van der Waals surface area contributed by atoms with Gasteiger partial charge >= 0.3 is 0 Å². The fraction of sp³-hybridized carbons (Fsp3) is 0.440. The van der Waals surface area contributed by atoms with Gasteiger partial charge in [-0.3, -0.25) is 9.69 Å². The zero-order chi connectivity index (χ0) is 25.5. The van der Waals surface area contributed by atoms with Crippen molar-refractivity contribution in [2.75, 3.05) is 51.9 Å². The largest absolute Gasteiger partial charge is 0.490 e. The average Bonchev–Trinajstić information content (AvgIpc) is 3.22. The highest BCUT2D eigenvalue weighted by Crippen LogP contribution is 2.40. The molecule has 0 saturated heterocycles. The van der Waals surface area contributed by atoms with Gasteiger partial charge < -0.3 is 19.1 Å². The number of fused-ring (bicyclic) bond motifs is 1. The number of nitrogens with zero attached hydrogens (tertiary/aromatic N) is 3. The van der Waals surface area contributed by atoms with Crippen molar-refractivity contribution in [3.8, 4) is 17.2 Å². The summed E-state index contributed by atoms with van der Waals surface area (Å²) in [5.74, 6) is -0.576. The molecule has 0 aliphatic carbocycles. The van der Waals surface area contributed by atoms with E-state index in [2.05, 4.69) is 4.98 Å². The fourth-order valence-corrected chi connectivity index (χ4v) is 4.59.